The quantitative estimate of drug-likeness (QED) is 0.751. The number of ether oxygens (including phenoxy) is 1. The Balaban J connectivity index is 2.42. The van der Waals surface area contributed by atoms with Crippen LogP contribution in [-0.2, 0) is 0 Å². The van der Waals surface area contributed by atoms with E-state index < -0.39 is 0 Å². The van der Waals surface area contributed by atoms with Crippen molar-refractivity contribution in [2.24, 2.45) is 0 Å². The van der Waals surface area contributed by atoms with Crippen molar-refractivity contribution in [1.29, 1.82) is 0 Å². The van der Waals surface area contributed by atoms with E-state index in [0.717, 1.165) is 43.2 Å². The van der Waals surface area contributed by atoms with E-state index in [0.29, 0.717) is 0 Å². The number of hydrogen-bond donors (Lipinski definition) is 1. The molecule has 0 heterocycles. The molecule has 3 nitrogen and oxygen atoms in total. The van der Waals surface area contributed by atoms with E-state index >= 15 is 0 Å². The van der Waals surface area contributed by atoms with Crippen molar-refractivity contribution in [2.45, 2.75) is 20.8 Å². The summed E-state index contributed by atoms with van der Waals surface area (Å²) in [6.45, 7) is 10.2. The van der Waals surface area contributed by atoms with Gasteiger partial charge in [0.15, 0.2) is 0 Å². The highest BCUT2D eigenvalue weighted by Crippen LogP contribution is 2.19. The highest BCUT2D eigenvalue weighted by Gasteiger charge is 2.02. The van der Waals surface area contributed by atoms with Gasteiger partial charge >= 0.3 is 0 Å². The second-order valence-corrected chi connectivity index (χ2v) is 3.90. The summed E-state index contributed by atoms with van der Waals surface area (Å²) in [5, 5.41) is 0. The van der Waals surface area contributed by atoms with Gasteiger partial charge in [-0.25, -0.2) is 0 Å². The summed E-state index contributed by atoms with van der Waals surface area (Å²) >= 11 is 0. The Kier molecular flexibility index (Phi) is 5.12. The minimum absolute atomic E-state index is 0.729. The summed E-state index contributed by atoms with van der Waals surface area (Å²) in [5.41, 5.74) is 7.57. The first-order valence-corrected chi connectivity index (χ1v) is 5.88. The maximum Gasteiger partial charge on any atom is 0.122 e. The van der Waals surface area contributed by atoms with Gasteiger partial charge in [0.05, 0.1) is 0 Å². The van der Waals surface area contributed by atoms with E-state index in [1.807, 2.05) is 25.1 Å². The molecule has 2 N–H and O–H groups in total. The minimum Gasteiger partial charge on any atom is -0.492 e. The number of anilines is 1. The highest BCUT2D eigenvalue weighted by molar-refractivity contribution is 5.47. The smallest absolute Gasteiger partial charge is 0.122 e. The third kappa shape index (κ3) is 3.74. The molecule has 0 radical (unpaired) electrons. The Morgan fingerprint density at radius 3 is 2.50 bits per heavy atom. The third-order valence-corrected chi connectivity index (χ3v) is 2.76. The fraction of sp³-hybridized carbons (Fsp3) is 0.538. The lowest BCUT2D eigenvalue weighted by atomic mass is 10.2. The zero-order chi connectivity index (χ0) is 12.0. The molecule has 1 rings (SSSR count). The summed E-state index contributed by atoms with van der Waals surface area (Å²) in [6, 6.07) is 5.75. The van der Waals surface area contributed by atoms with Gasteiger partial charge in [-0.15, -0.1) is 0 Å². The molecule has 0 aliphatic heterocycles. The van der Waals surface area contributed by atoms with Crippen molar-refractivity contribution < 1.29 is 4.74 Å². The Morgan fingerprint density at radius 1 is 1.25 bits per heavy atom. The zero-order valence-corrected chi connectivity index (χ0v) is 10.5. The molecule has 3 heteroatoms. The van der Waals surface area contributed by atoms with Crippen LogP contribution in [0.1, 0.15) is 19.4 Å². The van der Waals surface area contributed by atoms with Gasteiger partial charge in [-0.2, -0.15) is 0 Å². The molecule has 0 amide bonds. The molecule has 0 spiro atoms. The summed E-state index contributed by atoms with van der Waals surface area (Å²) in [5.74, 6) is 0.932. The van der Waals surface area contributed by atoms with Crippen molar-refractivity contribution in [1.82, 2.24) is 4.90 Å². The molecular weight excluding hydrogens is 200 g/mol. The van der Waals surface area contributed by atoms with Gasteiger partial charge in [-0.3, -0.25) is 0 Å². The maximum atomic E-state index is 5.73. The number of nitrogens with two attached hydrogens (primary N) is 1. The molecule has 1 aromatic rings. The monoisotopic (exact) mass is 222 g/mol. The van der Waals surface area contributed by atoms with Gasteiger partial charge in [-0.05, 0) is 43.8 Å². The first kappa shape index (κ1) is 12.8. The van der Waals surface area contributed by atoms with Gasteiger partial charge < -0.3 is 15.4 Å². The van der Waals surface area contributed by atoms with E-state index in [2.05, 4.69) is 18.7 Å². The number of hydrogen-bond acceptors (Lipinski definition) is 3. The molecule has 0 unspecified atom stereocenters. The predicted octanol–water partition coefficient (Wildman–Crippen LogP) is 2.30. The van der Waals surface area contributed by atoms with Gasteiger partial charge in [0.1, 0.15) is 12.4 Å². The maximum absolute atomic E-state index is 5.73. The number of likely N-dealkylation sites (N-methyl/N-ethyl adjacent to an activating group) is 1. The Labute approximate surface area is 98.2 Å². The molecule has 0 atom stereocenters. The normalized spacial score (nSPS) is 10.8. The SMILES string of the molecule is CCN(CC)CCOc1ccc(N)cc1C. The molecule has 0 saturated heterocycles. The molecule has 90 valence electrons. The fourth-order valence-corrected chi connectivity index (χ4v) is 1.66. The van der Waals surface area contributed by atoms with Crippen LogP contribution in [0.3, 0.4) is 0 Å². The molecular formula is C13H22N2O. The number of aryl methyl sites for hydroxylation is 1. The van der Waals surface area contributed by atoms with Crippen LogP contribution in [0.4, 0.5) is 5.69 Å². The molecule has 0 aromatic heterocycles. The molecule has 0 bridgehead atoms. The van der Waals surface area contributed by atoms with Crippen LogP contribution in [-0.4, -0.2) is 31.1 Å². The molecule has 16 heavy (non-hydrogen) atoms. The van der Waals surface area contributed by atoms with Crippen LogP contribution < -0.4 is 10.5 Å². The zero-order valence-electron chi connectivity index (χ0n) is 10.5. The second kappa shape index (κ2) is 6.38. The average molecular weight is 222 g/mol. The summed E-state index contributed by atoms with van der Waals surface area (Å²) < 4.78 is 5.73. The number of rotatable bonds is 6. The number of nitrogen functional groups attached to an aromatic ring is 1. The molecule has 0 aliphatic carbocycles. The number of nitrogens with zero attached hydrogens (tertiary/aromatic N) is 1. The Morgan fingerprint density at radius 2 is 1.94 bits per heavy atom. The summed E-state index contributed by atoms with van der Waals surface area (Å²) in [7, 11) is 0. The Bertz CT molecular complexity index is 322. The van der Waals surface area contributed by atoms with Crippen LogP contribution in [0, 0.1) is 6.92 Å². The number of benzene rings is 1. The standard InChI is InChI=1S/C13H22N2O/c1-4-15(5-2)8-9-16-13-7-6-12(14)10-11(13)3/h6-7,10H,4-5,8-9,14H2,1-3H3. The average Bonchev–Trinajstić information content (AvgIpc) is 2.27. The van der Waals surface area contributed by atoms with Crippen LogP contribution >= 0.6 is 0 Å². The lowest BCUT2D eigenvalue weighted by Crippen LogP contribution is -2.28. The van der Waals surface area contributed by atoms with Crippen molar-refractivity contribution >= 4 is 5.69 Å². The molecule has 0 saturated carbocycles. The topological polar surface area (TPSA) is 38.5 Å². The highest BCUT2D eigenvalue weighted by atomic mass is 16.5. The van der Waals surface area contributed by atoms with Crippen molar-refractivity contribution in [3.8, 4) is 5.75 Å². The second-order valence-electron chi connectivity index (χ2n) is 3.90. The predicted molar refractivity (Wildman–Crippen MR) is 68.9 cm³/mol. The van der Waals surface area contributed by atoms with Gasteiger partial charge in [-0.1, -0.05) is 13.8 Å². The summed E-state index contributed by atoms with van der Waals surface area (Å²) in [6.07, 6.45) is 0. The largest absolute Gasteiger partial charge is 0.492 e. The van der Waals surface area contributed by atoms with Crippen molar-refractivity contribution in [3.63, 3.8) is 0 Å². The summed E-state index contributed by atoms with van der Waals surface area (Å²) in [4.78, 5) is 2.34. The van der Waals surface area contributed by atoms with E-state index in [-0.39, 0.29) is 0 Å². The first-order chi connectivity index (χ1) is 7.67. The van der Waals surface area contributed by atoms with E-state index in [9.17, 15) is 0 Å². The van der Waals surface area contributed by atoms with Gasteiger partial charge in [0.25, 0.3) is 0 Å². The van der Waals surface area contributed by atoms with Crippen molar-refractivity contribution in [2.75, 3.05) is 32.0 Å². The van der Waals surface area contributed by atoms with E-state index in [1.165, 1.54) is 0 Å². The van der Waals surface area contributed by atoms with Crippen LogP contribution in [0.5, 0.6) is 5.75 Å². The minimum atomic E-state index is 0.729. The van der Waals surface area contributed by atoms with Crippen LogP contribution in [0.2, 0.25) is 0 Å². The van der Waals surface area contributed by atoms with Gasteiger partial charge in [0, 0.05) is 12.2 Å². The lowest BCUT2D eigenvalue weighted by Gasteiger charge is -2.18. The van der Waals surface area contributed by atoms with Crippen LogP contribution in [0.25, 0.3) is 0 Å². The third-order valence-electron chi connectivity index (χ3n) is 2.76. The fourth-order valence-electron chi connectivity index (χ4n) is 1.66. The lowest BCUT2D eigenvalue weighted by molar-refractivity contribution is 0.222. The molecule has 0 fully saturated rings. The molecule has 1 aromatic carbocycles. The van der Waals surface area contributed by atoms with Gasteiger partial charge in [0.2, 0.25) is 0 Å². The van der Waals surface area contributed by atoms with E-state index in [1.54, 1.807) is 0 Å². The Hall–Kier alpha value is -1.22. The van der Waals surface area contributed by atoms with E-state index in [4.69, 9.17) is 10.5 Å². The first-order valence-electron chi connectivity index (χ1n) is 5.88. The van der Waals surface area contributed by atoms with Crippen LogP contribution in [0.15, 0.2) is 18.2 Å². The molecule has 0 aliphatic rings. The van der Waals surface area contributed by atoms with Crippen molar-refractivity contribution in [3.05, 3.63) is 23.8 Å².